The molecule has 2 aliphatic rings. The summed E-state index contributed by atoms with van der Waals surface area (Å²) in [6.07, 6.45) is 8.29. The van der Waals surface area contributed by atoms with Gasteiger partial charge in [0.25, 0.3) is 11.5 Å². The van der Waals surface area contributed by atoms with E-state index in [0.29, 0.717) is 28.4 Å². The number of fused-ring (bicyclic) bond motifs is 3. The van der Waals surface area contributed by atoms with Crippen molar-refractivity contribution < 1.29 is 4.79 Å². The van der Waals surface area contributed by atoms with Crippen molar-refractivity contribution in [1.82, 2.24) is 25.9 Å². The van der Waals surface area contributed by atoms with E-state index in [4.69, 9.17) is 12.2 Å². The molecule has 0 unspecified atom stereocenters. The molecule has 2 bridgehead atoms. The Morgan fingerprint density at radius 3 is 2.85 bits per heavy atom. The van der Waals surface area contributed by atoms with Crippen LogP contribution in [-0.4, -0.2) is 26.8 Å². The molecular weight excluding hydrogens is 350 g/mol. The SMILES string of the molecule is O=C(Cn1ncc2ccccc2c1=O)NNC(=S)N[C@H]1C[C@@H]2C=C[C@@H]1C2. The molecule has 4 rings (SSSR count). The maximum atomic E-state index is 12.4. The number of allylic oxidation sites excluding steroid dienone is 1. The minimum absolute atomic E-state index is 0.184. The summed E-state index contributed by atoms with van der Waals surface area (Å²) in [5, 5.41) is 8.94. The van der Waals surface area contributed by atoms with Gasteiger partial charge < -0.3 is 5.32 Å². The van der Waals surface area contributed by atoms with E-state index in [1.165, 1.54) is 6.42 Å². The number of nitrogens with zero attached hydrogens (tertiary/aromatic N) is 2. The quantitative estimate of drug-likeness (QED) is 0.423. The summed E-state index contributed by atoms with van der Waals surface area (Å²) in [7, 11) is 0. The van der Waals surface area contributed by atoms with Gasteiger partial charge in [-0.05, 0) is 43.0 Å². The van der Waals surface area contributed by atoms with Crippen LogP contribution in [0.3, 0.4) is 0 Å². The summed E-state index contributed by atoms with van der Waals surface area (Å²) in [6.45, 7) is -0.184. The van der Waals surface area contributed by atoms with Crippen molar-refractivity contribution >= 4 is 34.0 Å². The standard InChI is InChI=1S/C18H19N5O2S/c24-16(10-23-17(25)14-4-2-1-3-13(14)9-19-23)21-22-18(26)20-15-8-11-5-6-12(15)7-11/h1-6,9,11-12,15H,7-8,10H2,(H,21,24)(H2,20,22,26)/t11-,12-,15+/m1/s1. The van der Waals surface area contributed by atoms with E-state index in [-0.39, 0.29) is 12.1 Å². The Bertz CT molecular complexity index is 954. The van der Waals surface area contributed by atoms with E-state index in [9.17, 15) is 9.59 Å². The molecule has 3 N–H and O–H groups in total. The molecule has 8 heteroatoms. The predicted octanol–water partition coefficient (Wildman–Crippen LogP) is 0.856. The van der Waals surface area contributed by atoms with Crippen LogP contribution < -0.4 is 21.7 Å². The maximum absolute atomic E-state index is 12.4. The van der Waals surface area contributed by atoms with Crippen LogP contribution in [0, 0.1) is 11.8 Å². The molecule has 1 heterocycles. The van der Waals surface area contributed by atoms with Crippen LogP contribution in [0.15, 0.2) is 47.4 Å². The highest BCUT2D eigenvalue weighted by Gasteiger charge is 2.35. The fourth-order valence-electron chi connectivity index (χ4n) is 3.69. The molecule has 2 aliphatic carbocycles. The van der Waals surface area contributed by atoms with E-state index >= 15 is 0 Å². The summed E-state index contributed by atoms with van der Waals surface area (Å²) in [5.41, 5.74) is 4.91. The second kappa shape index (κ2) is 6.87. The fraction of sp³-hybridized carbons (Fsp3) is 0.333. The number of hydrazine groups is 1. The van der Waals surface area contributed by atoms with Crippen LogP contribution in [0.25, 0.3) is 10.8 Å². The smallest absolute Gasteiger partial charge is 0.275 e. The number of nitrogens with one attached hydrogen (secondary N) is 3. The molecular formula is C18H19N5O2S. The van der Waals surface area contributed by atoms with Gasteiger partial charge in [0.1, 0.15) is 6.54 Å². The van der Waals surface area contributed by atoms with Gasteiger partial charge in [0.15, 0.2) is 5.11 Å². The third-order valence-electron chi connectivity index (χ3n) is 4.97. The topological polar surface area (TPSA) is 88.0 Å². The van der Waals surface area contributed by atoms with E-state index < -0.39 is 5.91 Å². The number of carbonyl (C=O) groups excluding carboxylic acids is 1. The molecule has 26 heavy (non-hydrogen) atoms. The summed E-state index contributed by atoms with van der Waals surface area (Å²) < 4.78 is 1.14. The Morgan fingerprint density at radius 2 is 2.08 bits per heavy atom. The van der Waals surface area contributed by atoms with Crippen LogP contribution in [0.1, 0.15) is 12.8 Å². The first-order valence-electron chi connectivity index (χ1n) is 8.58. The van der Waals surface area contributed by atoms with Crippen molar-refractivity contribution in [2.75, 3.05) is 0 Å². The molecule has 1 aromatic carbocycles. The van der Waals surface area contributed by atoms with Crippen LogP contribution >= 0.6 is 12.2 Å². The Labute approximate surface area is 155 Å². The van der Waals surface area contributed by atoms with Crippen LogP contribution in [0.4, 0.5) is 0 Å². The highest BCUT2D eigenvalue weighted by molar-refractivity contribution is 7.80. The van der Waals surface area contributed by atoms with Crippen molar-refractivity contribution in [3.8, 4) is 0 Å². The number of thiocarbonyl (C=S) groups is 1. The molecule has 0 aliphatic heterocycles. The number of carbonyl (C=O) groups is 1. The zero-order valence-electron chi connectivity index (χ0n) is 14.0. The summed E-state index contributed by atoms with van der Waals surface area (Å²) in [6, 6.07) is 7.46. The molecule has 1 saturated carbocycles. The summed E-state index contributed by atoms with van der Waals surface area (Å²) >= 11 is 5.23. The average Bonchev–Trinajstić information content (AvgIpc) is 3.26. The molecule has 7 nitrogen and oxygen atoms in total. The minimum Gasteiger partial charge on any atom is -0.358 e. The summed E-state index contributed by atoms with van der Waals surface area (Å²) in [5.74, 6) is 0.753. The maximum Gasteiger partial charge on any atom is 0.275 e. The van der Waals surface area contributed by atoms with Gasteiger partial charge in [0.2, 0.25) is 0 Å². The van der Waals surface area contributed by atoms with Crippen molar-refractivity contribution in [3.05, 3.63) is 53.0 Å². The zero-order chi connectivity index (χ0) is 18.1. The van der Waals surface area contributed by atoms with Gasteiger partial charge in [-0.3, -0.25) is 20.4 Å². The lowest BCUT2D eigenvalue weighted by Gasteiger charge is -2.22. The van der Waals surface area contributed by atoms with E-state index in [2.05, 4.69) is 33.4 Å². The Balaban J connectivity index is 1.31. The lowest BCUT2D eigenvalue weighted by atomic mass is 10.0. The normalized spacial score (nSPS) is 23.2. The largest absolute Gasteiger partial charge is 0.358 e. The Kier molecular flexibility index (Phi) is 4.42. The van der Waals surface area contributed by atoms with Gasteiger partial charge >= 0.3 is 0 Å². The first-order valence-corrected chi connectivity index (χ1v) is 8.99. The van der Waals surface area contributed by atoms with E-state index in [1.54, 1.807) is 18.3 Å². The number of rotatable bonds is 3. The highest BCUT2D eigenvalue weighted by Crippen LogP contribution is 2.38. The predicted molar refractivity (Wildman–Crippen MR) is 102 cm³/mol. The van der Waals surface area contributed by atoms with Crippen molar-refractivity contribution in [1.29, 1.82) is 0 Å². The third kappa shape index (κ3) is 3.32. The van der Waals surface area contributed by atoms with Gasteiger partial charge in [-0.15, -0.1) is 0 Å². The molecule has 1 aromatic heterocycles. The number of hydrogen-bond donors (Lipinski definition) is 3. The monoisotopic (exact) mass is 369 g/mol. The molecule has 1 amide bonds. The first-order chi connectivity index (χ1) is 12.6. The molecule has 0 saturated heterocycles. The minimum atomic E-state index is -0.396. The Hall–Kier alpha value is -2.74. The number of benzene rings is 1. The van der Waals surface area contributed by atoms with E-state index in [1.807, 2.05) is 12.1 Å². The lowest BCUT2D eigenvalue weighted by Crippen LogP contribution is -2.51. The molecule has 0 radical (unpaired) electrons. The van der Waals surface area contributed by atoms with Gasteiger partial charge in [0, 0.05) is 11.4 Å². The second-order valence-corrected chi connectivity index (χ2v) is 7.14. The molecule has 2 aromatic rings. The molecule has 3 atom stereocenters. The number of hydrogen-bond acceptors (Lipinski definition) is 4. The van der Waals surface area contributed by atoms with Crippen molar-refractivity contribution in [2.24, 2.45) is 11.8 Å². The third-order valence-corrected chi connectivity index (χ3v) is 5.19. The first kappa shape index (κ1) is 16.7. The Morgan fingerprint density at radius 1 is 1.23 bits per heavy atom. The number of amides is 1. The van der Waals surface area contributed by atoms with Crippen LogP contribution in [0.5, 0.6) is 0 Å². The molecule has 0 spiro atoms. The van der Waals surface area contributed by atoms with Crippen LogP contribution in [0.2, 0.25) is 0 Å². The average molecular weight is 369 g/mol. The molecule has 1 fully saturated rings. The van der Waals surface area contributed by atoms with Crippen molar-refractivity contribution in [2.45, 2.75) is 25.4 Å². The lowest BCUT2D eigenvalue weighted by molar-refractivity contribution is -0.122. The zero-order valence-corrected chi connectivity index (χ0v) is 14.8. The molecule has 134 valence electrons. The van der Waals surface area contributed by atoms with Gasteiger partial charge in [-0.2, -0.15) is 5.10 Å². The number of aromatic nitrogens is 2. The van der Waals surface area contributed by atoms with Crippen LogP contribution in [-0.2, 0) is 11.3 Å². The second-order valence-electron chi connectivity index (χ2n) is 6.73. The van der Waals surface area contributed by atoms with Gasteiger partial charge in [-0.1, -0.05) is 30.4 Å². The summed E-state index contributed by atoms with van der Waals surface area (Å²) in [4.78, 5) is 24.5. The van der Waals surface area contributed by atoms with Gasteiger partial charge in [-0.25, -0.2) is 4.68 Å². The fourth-order valence-corrected chi connectivity index (χ4v) is 3.90. The van der Waals surface area contributed by atoms with Crippen molar-refractivity contribution in [3.63, 3.8) is 0 Å². The highest BCUT2D eigenvalue weighted by atomic mass is 32.1. The van der Waals surface area contributed by atoms with Gasteiger partial charge in [0.05, 0.1) is 11.6 Å². The van der Waals surface area contributed by atoms with E-state index in [0.717, 1.165) is 16.5 Å².